The van der Waals surface area contributed by atoms with Gasteiger partial charge in [-0.2, -0.15) is 13.2 Å². The van der Waals surface area contributed by atoms with Gasteiger partial charge in [0, 0.05) is 25.3 Å². The highest BCUT2D eigenvalue weighted by Crippen LogP contribution is 2.22. The van der Waals surface area contributed by atoms with Crippen LogP contribution in [-0.2, 0) is 0 Å². The van der Waals surface area contributed by atoms with Crippen LogP contribution in [0.3, 0.4) is 0 Å². The minimum atomic E-state index is -4.10. The maximum Gasteiger partial charge on any atom is 0.401 e. The molecule has 3 nitrogen and oxygen atoms in total. The van der Waals surface area contributed by atoms with Crippen molar-refractivity contribution in [3.63, 3.8) is 0 Å². The summed E-state index contributed by atoms with van der Waals surface area (Å²) >= 11 is 0. The topological polar surface area (TPSA) is 28.2 Å². The summed E-state index contributed by atoms with van der Waals surface area (Å²) in [5.41, 5.74) is 1.89. The largest absolute Gasteiger partial charge is 0.401 e. The summed E-state index contributed by atoms with van der Waals surface area (Å²) in [6, 6.07) is 4.03. The lowest BCUT2D eigenvalue weighted by molar-refractivity contribution is -0.147. The van der Waals surface area contributed by atoms with Crippen LogP contribution >= 0.6 is 0 Å². The van der Waals surface area contributed by atoms with Gasteiger partial charge in [-0.15, -0.1) is 0 Å². The van der Waals surface area contributed by atoms with Crippen LogP contribution in [0.4, 0.5) is 18.9 Å². The number of anilines is 1. The van der Waals surface area contributed by atoms with Gasteiger partial charge in [-0.05, 0) is 31.9 Å². The van der Waals surface area contributed by atoms with Crippen LogP contribution in [0.25, 0.3) is 0 Å². The molecule has 1 saturated heterocycles. The third kappa shape index (κ3) is 4.38. The van der Waals surface area contributed by atoms with E-state index in [2.05, 4.69) is 10.3 Å². The second kappa shape index (κ2) is 5.77. The normalized spacial score (nSPS) is 18.5. The van der Waals surface area contributed by atoms with Crippen LogP contribution < -0.4 is 5.32 Å². The van der Waals surface area contributed by atoms with Crippen molar-refractivity contribution in [2.75, 3.05) is 25.0 Å². The van der Waals surface area contributed by atoms with E-state index < -0.39 is 12.7 Å². The van der Waals surface area contributed by atoms with Gasteiger partial charge in [0.05, 0.1) is 17.9 Å². The summed E-state index contributed by atoms with van der Waals surface area (Å²) in [7, 11) is 0. The van der Waals surface area contributed by atoms with Gasteiger partial charge < -0.3 is 5.32 Å². The second-order valence-corrected chi connectivity index (χ2v) is 4.95. The maximum atomic E-state index is 12.3. The SMILES string of the molecule is Cc1ncccc1NC1CCN(CC(F)(F)F)CC1. The Kier molecular flexibility index (Phi) is 4.29. The lowest BCUT2D eigenvalue weighted by Gasteiger charge is -2.33. The number of halogens is 3. The number of likely N-dealkylation sites (tertiary alicyclic amines) is 1. The predicted octanol–water partition coefficient (Wildman–Crippen LogP) is 2.83. The summed E-state index contributed by atoms with van der Waals surface area (Å²) in [5, 5.41) is 3.36. The molecule has 106 valence electrons. The van der Waals surface area contributed by atoms with Crippen LogP contribution in [0.15, 0.2) is 18.3 Å². The fourth-order valence-electron chi connectivity index (χ4n) is 2.35. The molecule has 2 rings (SSSR count). The monoisotopic (exact) mass is 273 g/mol. The van der Waals surface area contributed by atoms with Crippen molar-refractivity contribution in [3.8, 4) is 0 Å². The van der Waals surface area contributed by atoms with E-state index in [9.17, 15) is 13.2 Å². The average molecular weight is 273 g/mol. The zero-order valence-electron chi connectivity index (χ0n) is 10.9. The van der Waals surface area contributed by atoms with Crippen molar-refractivity contribution >= 4 is 5.69 Å². The zero-order valence-corrected chi connectivity index (χ0v) is 10.9. The number of hydrogen-bond acceptors (Lipinski definition) is 3. The van der Waals surface area contributed by atoms with E-state index in [-0.39, 0.29) is 6.04 Å². The molecule has 1 aliphatic rings. The molecule has 0 spiro atoms. The number of pyridine rings is 1. The third-order valence-corrected chi connectivity index (χ3v) is 3.36. The summed E-state index contributed by atoms with van der Waals surface area (Å²) in [6.07, 6.45) is -0.915. The van der Waals surface area contributed by atoms with Crippen LogP contribution in [0.5, 0.6) is 0 Å². The summed E-state index contributed by atoms with van der Waals surface area (Å²) in [5.74, 6) is 0. The number of nitrogens with one attached hydrogen (secondary N) is 1. The van der Waals surface area contributed by atoms with Crippen molar-refractivity contribution in [2.24, 2.45) is 0 Å². The van der Waals surface area contributed by atoms with E-state index in [0.29, 0.717) is 13.1 Å². The molecule has 0 atom stereocenters. The molecule has 1 aliphatic heterocycles. The molecule has 6 heteroatoms. The van der Waals surface area contributed by atoms with Crippen molar-refractivity contribution in [1.82, 2.24) is 9.88 Å². The van der Waals surface area contributed by atoms with Crippen molar-refractivity contribution in [3.05, 3.63) is 24.0 Å². The molecule has 1 N–H and O–H groups in total. The van der Waals surface area contributed by atoms with Gasteiger partial charge in [0.1, 0.15) is 0 Å². The van der Waals surface area contributed by atoms with E-state index in [4.69, 9.17) is 0 Å². The number of aryl methyl sites for hydroxylation is 1. The Morgan fingerprint density at radius 1 is 1.37 bits per heavy atom. The minimum absolute atomic E-state index is 0.229. The molecule has 0 saturated carbocycles. The lowest BCUT2D eigenvalue weighted by Crippen LogP contribution is -2.43. The first kappa shape index (κ1) is 14.1. The van der Waals surface area contributed by atoms with Crippen LogP contribution in [-0.4, -0.2) is 41.7 Å². The molecular formula is C13H18F3N3. The van der Waals surface area contributed by atoms with Crippen LogP contribution in [0.2, 0.25) is 0 Å². The minimum Gasteiger partial charge on any atom is -0.381 e. The Morgan fingerprint density at radius 3 is 2.63 bits per heavy atom. The zero-order chi connectivity index (χ0) is 13.9. The number of nitrogens with zero attached hydrogens (tertiary/aromatic N) is 2. The summed E-state index contributed by atoms with van der Waals surface area (Å²) in [4.78, 5) is 5.65. The Labute approximate surface area is 110 Å². The van der Waals surface area contributed by atoms with Gasteiger partial charge >= 0.3 is 6.18 Å². The number of rotatable bonds is 3. The van der Waals surface area contributed by atoms with Gasteiger partial charge in [-0.3, -0.25) is 9.88 Å². The Bertz CT molecular complexity index is 412. The fourth-order valence-corrected chi connectivity index (χ4v) is 2.35. The van der Waals surface area contributed by atoms with Gasteiger partial charge in [0.25, 0.3) is 0 Å². The molecular weight excluding hydrogens is 255 g/mol. The fraction of sp³-hybridized carbons (Fsp3) is 0.615. The number of aromatic nitrogens is 1. The summed E-state index contributed by atoms with van der Waals surface area (Å²) in [6.45, 7) is 2.08. The highest BCUT2D eigenvalue weighted by atomic mass is 19.4. The van der Waals surface area contributed by atoms with E-state index in [1.807, 2.05) is 19.1 Å². The Morgan fingerprint density at radius 2 is 2.05 bits per heavy atom. The number of piperidine rings is 1. The molecule has 0 bridgehead atoms. The molecule has 0 radical (unpaired) electrons. The smallest absolute Gasteiger partial charge is 0.381 e. The quantitative estimate of drug-likeness (QED) is 0.918. The van der Waals surface area contributed by atoms with E-state index in [1.54, 1.807) is 6.20 Å². The highest BCUT2D eigenvalue weighted by molar-refractivity contribution is 5.47. The highest BCUT2D eigenvalue weighted by Gasteiger charge is 2.32. The lowest BCUT2D eigenvalue weighted by atomic mass is 10.0. The first-order valence-electron chi connectivity index (χ1n) is 6.41. The van der Waals surface area contributed by atoms with E-state index in [1.165, 1.54) is 4.90 Å². The maximum absolute atomic E-state index is 12.3. The van der Waals surface area contributed by atoms with E-state index in [0.717, 1.165) is 24.2 Å². The summed E-state index contributed by atoms with van der Waals surface area (Å²) < 4.78 is 36.8. The van der Waals surface area contributed by atoms with Crippen molar-refractivity contribution in [1.29, 1.82) is 0 Å². The molecule has 0 aliphatic carbocycles. The first-order valence-corrected chi connectivity index (χ1v) is 6.41. The predicted molar refractivity (Wildman–Crippen MR) is 68.1 cm³/mol. The van der Waals surface area contributed by atoms with Gasteiger partial charge in [0.15, 0.2) is 0 Å². The third-order valence-electron chi connectivity index (χ3n) is 3.36. The molecule has 2 heterocycles. The van der Waals surface area contributed by atoms with Crippen molar-refractivity contribution in [2.45, 2.75) is 32.0 Å². The molecule has 1 aromatic heterocycles. The van der Waals surface area contributed by atoms with Crippen LogP contribution in [0.1, 0.15) is 18.5 Å². The molecule has 0 amide bonds. The molecule has 1 fully saturated rings. The average Bonchev–Trinajstić information content (AvgIpc) is 2.33. The van der Waals surface area contributed by atoms with Gasteiger partial charge in [-0.1, -0.05) is 0 Å². The molecule has 1 aromatic rings. The Balaban J connectivity index is 1.82. The molecule has 0 aromatic carbocycles. The second-order valence-electron chi connectivity index (χ2n) is 4.95. The first-order chi connectivity index (χ1) is 8.94. The number of hydrogen-bond donors (Lipinski definition) is 1. The standard InChI is InChI=1S/C13H18F3N3/c1-10-12(3-2-6-17-10)18-11-4-7-19(8-5-11)9-13(14,15)16/h2-3,6,11,18H,4-5,7-9H2,1H3. The molecule has 19 heavy (non-hydrogen) atoms. The number of alkyl halides is 3. The van der Waals surface area contributed by atoms with E-state index >= 15 is 0 Å². The van der Waals surface area contributed by atoms with Crippen molar-refractivity contribution < 1.29 is 13.2 Å². The van der Waals surface area contributed by atoms with Gasteiger partial charge in [-0.25, -0.2) is 0 Å². The van der Waals surface area contributed by atoms with Gasteiger partial charge in [0.2, 0.25) is 0 Å². The Hall–Kier alpha value is -1.30. The van der Waals surface area contributed by atoms with Crippen LogP contribution in [0, 0.1) is 6.92 Å². The molecule has 0 unspecified atom stereocenters.